The van der Waals surface area contributed by atoms with E-state index in [1.165, 1.54) is 0 Å². The second-order valence-electron chi connectivity index (χ2n) is 7.73. The monoisotopic (exact) mass is 440 g/mol. The summed E-state index contributed by atoms with van der Waals surface area (Å²) < 4.78 is 17.2. The van der Waals surface area contributed by atoms with Crippen LogP contribution < -0.4 is 10.1 Å². The third-order valence-corrected chi connectivity index (χ3v) is 5.96. The molecule has 2 saturated heterocycles. The highest BCUT2D eigenvalue weighted by molar-refractivity contribution is 6.30. The normalized spacial score (nSPS) is 21.0. The predicted molar refractivity (Wildman–Crippen MR) is 115 cm³/mol. The van der Waals surface area contributed by atoms with Crippen LogP contribution in [0.25, 0.3) is 6.08 Å². The van der Waals surface area contributed by atoms with Crippen molar-refractivity contribution >= 4 is 35.2 Å². The van der Waals surface area contributed by atoms with E-state index < -0.39 is 5.79 Å². The first-order valence-corrected chi connectivity index (χ1v) is 10.6. The maximum atomic E-state index is 13.0. The third-order valence-electron chi connectivity index (χ3n) is 5.71. The van der Waals surface area contributed by atoms with Crippen molar-refractivity contribution in [3.63, 3.8) is 0 Å². The molecule has 1 spiro atoms. The average molecular weight is 441 g/mol. The number of amides is 2. The first-order valence-electron chi connectivity index (χ1n) is 10.2. The van der Waals surface area contributed by atoms with E-state index in [2.05, 4.69) is 5.32 Å². The van der Waals surface area contributed by atoms with Crippen molar-refractivity contribution in [1.29, 1.82) is 0 Å². The summed E-state index contributed by atoms with van der Waals surface area (Å²) in [6, 6.07) is 12.2. The van der Waals surface area contributed by atoms with Crippen LogP contribution in [0, 0.1) is 0 Å². The van der Waals surface area contributed by atoms with Crippen molar-refractivity contribution in [2.24, 2.45) is 0 Å². The van der Waals surface area contributed by atoms with Crippen LogP contribution in [0.2, 0.25) is 5.02 Å². The molecule has 0 aliphatic carbocycles. The van der Waals surface area contributed by atoms with Gasteiger partial charge in [0.25, 0.3) is 11.8 Å². The Labute approximate surface area is 184 Å². The van der Waals surface area contributed by atoms with E-state index >= 15 is 0 Å². The van der Waals surface area contributed by atoms with Gasteiger partial charge in [0.2, 0.25) is 0 Å². The van der Waals surface area contributed by atoms with Crippen molar-refractivity contribution in [3.05, 3.63) is 64.4 Å². The lowest BCUT2D eigenvalue weighted by atomic mass is 10.0. The predicted octanol–water partition coefficient (Wildman–Crippen LogP) is 3.69. The zero-order valence-electron chi connectivity index (χ0n) is 16.7. The molecule has 8 heteroatoms. The first kappa shape index (κ1) is 20.1. The summed E-state index contributed by atoms with van der Waals surface area (Å²) in [4.78, 5) is 27.3. The van der Waals surface area contributed by atoms with Gasteiger partial charge >= 0.3 is 0 Å². The number of rotatable bonds is 2. The van der Waals surface area contributed by atoms with Crippen LogP contribution in [-0.2, 0) is 14.3 Å². The number of likely N-dealkylation sites (tertiary alicyclic amines) is 1. The number of fused-ring (bicyclic) bond motifs is 1. The van der Waals surface area contributed by atoms with Gasteiger partial charge in [-0.2, -0.15) is 0 Å². The molecule has 7 nitrogen and oxygen atoms in total. The van der Waals surface area contributed by atoms with Crippen LogP contribution in [0.5, 0.6) is 5.75 Å². The molecule has 0 radical (unpaired) electrons. The molecule has 0 atom stereocenters. The van der Waals surface area contributed by atoms with Gasteiger partial charge in [-0.25, -0.2) is 0 Å². The Bertz CT molecular complexity index is 1050. The minimum absolute atomic E-state index is 0.0904. The molecule has 0 aromatic heterocycles. The number of carbonyl (C=O) groups excluding carboxylic acids is 2. The van der Waals surface area contributed by atoms with E-state index in [1.807, 2.05) is 0 Å². The summed E-state index contributed by atoms with van der Waals surface area (Å²) in [6.45, 7) is 2.33. The summed E-state index contributed by atoms with van der Waals surface area (Å²) in [6.07, 6.45) is 2.95. The zero-order valence-corrected chi connectivity index (χ0v) is 17.5. The number of hydrogen-bond acceptors (Lipinski definition) is 5. The van der Waals surface area contributed by atoms with Gasteiger partial charge in [0.05, 0.1) is 18.9 Å². The van der Waals surface area contributed by atoms with Gasteiger partial charge in [0.15, 0.2) is 17.3 Å². The molecule has 2 aromatic rings. The van der Waals surface area contributed by atoms with Gasteiger partial charge < -0.3 is 24.4 Å². The van der Waals surface area contributed by atoms with Crippen LogP contribution in [0.15, 0.2) is 48.2 Å². The summed E-state index contributed by atoms with van der Waals surface area (Å²) >= 11 is 5.90. The van der Waals surface area contributed by atoms with Gasteiger partial charge in [-0.3, -0.25) is 9.59 Å². The summed E-state index contributed by atoms with van der Waals surface area (Å²) in [5.41, 5.74) is 1.76. The smallest absolute Gasteiger partial charge is 0.291 e. The molecule has 3 aliphatic heterocycles. The van der Waals surface area contributed by atoms with Crippen molar-refractivity contribution in [3.8, 4) is 5.75 Å². The van der Waals surface area contributed by atoms with Crippen LogP contribution >= 0.6 is 11.6 Å². The summed E-state index contributed by atoms with van der Waals surface area (Å²) in [7, 11) is 0. The highest BCUT2D eigenvalue weighted by Gasteiger charge is 2.41. The van der Waals surface area contributed by atoms with Crippen molar-refractivity contribution in [2.45, 2.75) is 18.6 Å². The Kier molecular flexibility index (Phi) is 5.17. The number of hydrogen-bond donors (Lipinski definition) is 1. The molecule has 2 aromatic carbocycles. The van der Waals surface area contributed by atoms with Crippen molar-refractivity contribution in [1.82, 2.24) is 4.90 Å². The molecule has 2 amide bonds. The van der Waals surface area contributed by atoms with Crippen LogP contribution in [0.1, 0.15) is 28.8 Å². The Morgan fingerprint density at radius 3 is 2.48 bits per heavy atom. The van der Waals surface area contributed by atoms with E-state index in [1.54, 1.807) is 53.4 Å². The van der Waals surface area contributed by atoms with Crippen LogP contribution in [0.4, 0.5) is 5.69 Å². The molecule has 31 heavy (non-hydrogen) atoms. The molecule has 0 saturated carbocycles. The number of ether oxygens (including phenoxy) is 3. The van der Waals surface area contributed by atoms with E-state index in [9.17, 15) is 9.59 Å². The minimum Gasteiger partial charge on any atom is -0.449 e. The number of nitrogens with one attached hydrogen (secondary N) is 1. The minimum atomic E-state index is -0.527. The Balaban J connectivity index is 1.30. The van der Waals surface area contributed by atoms with Gasteiger partial charge in [-0.15, -0.1) is 0 Å². The van der Waals surface area contributed by atoms with E-state index in [4.69, 9.17) is 25.8 Å². The SMILES string of the molecule is O=C1Nc2cc(C(=O)N3CCC4(CC3)OCCO4)ccc2OC1=Cc1ccc(Cl)cc1. The lowest BCUT2D eigenvalue weighted by Gasteiger charge is -2.37. The topological polar surface area (TPSA) is 77.1 Å². The van der Waals surface area contributed by atoms with Gasteiger partial charge in [-0.1, -0.05) is 23.7 Å². The zero-order chi connectivity index (χ0) is 21.4. The Hall–Kier alpha value is -2.87. The van der Waals surface area contributed by atoms with Crippen molar-refractivity contribution in [2.75, 3.05) is 31.6 Å². The first-order chi connectivity index (χ1) is 15.0. The fourth-order valence-electron chi connectivity index (χ4n) is 4.02. The molecule has 1 N–H and O–H groups in total. The second-order valence-corrected chi connectivity index (χ2v) is 8.16. The Morgan fingerprint density at radius 1 is 1.06 bits per heavy atom. The average Bonchev–Trinajstić information content (AvgIpc) is 3.23. The maximum absolute atomic E-state index is 13.0. The highest BCUT2D eigenvalue weighted by atomic mass is 35.5. The summed E-state index contributed by atoms with van der Waals surface area (Å²) in [5.74, 6) is -0.329. The van der Waals surface area contributed by atoms with E-state index in [-0.39, 0.29) is 17.6 Å². The maximum Gasteiger partial charge on any atom is 0.291 e. The van der Waals surface area contributed by atoms with Gasteiger partial charge in [-0.05, 0) is 42.0 Å². The van der Waals surface area contributed by atoms with Crippen molar-refractivity contribution < 1.29 is 23.8 Å². The van der Waals surface area contributed by atoms with E-state index in [0.29, 0.717) is 61.2 Å². The Morgan fingerprint density at radius 2 is 1.77 bits per heavy atom. The van der Waals surface area contributed by atoms with Gasteiger partial charge in [0.1, 0.15) is 0 Å². The molecule has 3 heterocycles. The quantitative estimate of drug-likeness (QED) is 0.721. The largest absolute Gasteiger partial charge is 0.449 e. The van der Waals surface area contributed by atoms with Crippen LogP contribution in [-0.4, -0.2) is 48.8 Å². The molecular formula is C23H21ClN2O5. The molecule has 5 rings (SSSR count). The number of benzene rings is 2. The standard InChI is InChI=1S/C23H21ClN2O5/c24-17-4-1-15(2-5-17)13-20-21(27)25-18-14-16(3-6-19(18)31-20)22(28)26-9-7-23(8-10-26)29-11-12-30-23/h1-6,13-14H,7-12H2,(H,25,27). The molecular weight excluding hydrogens is 420 g/mol. The second kappa shape index (κ2) is 8.00. The molecule has 0 unspecified atom stereocenters. The highest BCUT2D eigenvalue weighted by Crippen LogP contribution is 2.34. The molecule has 0 bridgehead atoms. The number of nitrogens with zero attached hydrogens (tertiary/aromatic N) is 1. The number of piperidine rings is 1. The lowest BCUT2D eigenvalue weighted by Crippen LogP contribution is -2.47. The molecule has 160 valence electrons. The fourth-order valence-corrected chi connectivity index (χ4v) is 4.15. The lowest BCUT2D eigenvalue weighted by molar-refractivity contribution is -0.181. The number of carbonyl (C=O) groups is 2. The van der Waals surface area contributed by atoms with Crippen LogP contribution in [0.3, 0.4) is 0 Å². The van der Waals surface area contributed by atoms with E-state index in [0.717, 1.165) is 5.56 Å². The molecule has 3 aliphatic rings. The third kappa shape index (κ3) is 4.04. The van der Waals surface area contributed by atoms with Gasteiger partial charge in [0, 0.05) is 36.5 Å². The summed E-state index contributed by atoms with van der Waals surface area (Å²) in [5, 5.41) is 3.43. The fraction of sp³-hybridized carbons (Fsp3) is 0.304. The number of anilines is 1. The number of halogens is 1. The molecule has 2 fully saturated rings.